The van der Waals surface area contributed by atoms with E-state index in [0.29, 0.717) is 30.4 Å². The molecule has 114 valence electrons. The molecule has 0 fully saturated rings. The number of rotatable bonds is 7. The van der Waals surface area contributed by atoms with Gasteiger partial charge in [0.05, 0.1) is 4.90 Å². The molecule has 1 rings (SSSR count). The first-order valence-corrected chi connectivity index (χ1v) is 8.61. The molecule has 1 aromatic rings. The Kier molecular flexibility index (Phi) is 6.17. The summed E-state index contributed by atoms with van der Waals surface area (Å²) in [5.74, 6) is 0.350. The highest BCUT2D eigenvalue weighted by Gasteiger charge is 2.26. The summed E-state index contributed by atoms with van der Waals surface area (Å²) in [6.07, 6.45) is 0.966. The van der Waals surface area contributed by atoms with Crippen LogP contribution in [-0.4, -0.2) is 25.8 Å². The summed E-state index contributed by atoms with van der Waals surface area (Å²) in [6.45, 7) is 9.24. The summed E-state index contributed by atoms with van der Waals surface area (Å²) < 4.78 is 27.1. The van der Waals surface area contributed by atoms with E-state index in [-0.39, 0.29) is 0 Å². The van der Waals surface area contributed by atoms with Crippen LogP contribution in [0.4, 0.5) is 0 Å². The van der Waals surface area contributed by atoms with E-state index in [0.717, 1.165) is 17.5 Å². The maximum atomic E-state index is 12.8. The molecule has 1 aromatic carbocycles. The summed E-state index contributed by atoms with van der Waals surface area (Å²) in [6, 6.07) is 5.31. The molecule has 0 saturated carbocycles. The van der Waals surface area contributed by atoms with Crippen LogP contribution >= 0.6 is 0 Å². The molecule has 1 atom stereocenters. The third-order valence-electron chi connectivity index (χ3n) is 3.80. The van der Waals surface area contributed by atoms with Crippen LogP contribution in [0.15, 0.2) is 23.1 Å². The largest absolute Gasteiger partial charge is 0.326 e. The summed E-state index contributed by atoms with van der Waals surface area (Å²) in [5, 5.41) is 0. The Morgan fingerprint density at radius 2 is 1.95 bits per heavy atom. The van der Waals surface area contributed by atoms with Crippen LogP contribution in [0, 0.1) is 12.8 Å². The fourth-order valence-electron chi connectivity index (χ4n) is 2.17. The Hall–Kier alpha value is -0.910. The molecule has 0 aliphatic carbocycles. The molecule has 0 amide bonds. The van der Waals surface area contributed by atoms with Gasteiger partial charge in [0.15, 0.2) is 0 Å². The molecule has 0 radical (unpaired) electrons. The molecule has 20 heavy (non-hydrogen) atoms. The van der Waals surface area contributed by atoms with Crippen molar-refractivity contribution in [3.63, 3.8) is 0 Å². The SMILES string of the molecule is CCC(C)CN(CC)S(=O)(=O)c1cccc(CN)c1C. The Morgan fingerprint density at radius 1 is 1.30 bits per heavy atom. The molecule has 0 aliphatic heterocycles. The number of hydrogen-bond acceptors (Lipinski definition) is 3. The lowest BCUT2D eigenvalue weighted by Crippen LogP contribution is -2.35. The van der Waals surface area contributed by atoms with Crippen molar-refractivity contribution >= 4 is 10.0 Å². The van der Waals surface area contributed by atoms with Gasteiger partial charge in [0.1, 0.15) is 0 Å². The lowest BCUT2D eigenvalue weighted by atomic mass is 10.1. The smallest absolute Gasteiger partial charge is 0.243 e. The second kappa shape index (κ2) is 7.20. The summed E-state index contributed by atoms with van der Waals surface area (Å²) in [4.78, 5) is 0.380. The van der Waals surface area contributed by atoms with Crippen LogP contribution in [0.2, 0.25) is 0 Å². The van der Waals surface area contributed by atoms with Crippen molar-refractivity contribution in [3.05, 3.63) is 29.3 Å². The Morgan fingerprint density at radius 3 is 2.45 bits per heavy atom. The average molecular weight is 298 g/mol. The van der Waals surface area contributed by atoms with Crippen molar-refractivity contribution in [3.8, 4) is 0 Å². The van der Waals surface area contributed by atoms with Crippen LogP contribution in [-0.2, 0) is 16.6 Å². The Labute approximate surface area is 123 Å². The number of nitrogens with two attached hydrogens (primary N) is 1. The van der Waals surface area contributed by atoms with Gasteiger partial charge in [-0.05, 0) is 30.0 Å². The van der Waals surface area contributed by atoms with Crippen LogP contribution in [0.1, 0.15) is 38.3 Å². The van der Waals surface area contributed by atoms with Crippen LogP contribution < -0.4 is 5.73 Å². The van der Waals surface area contributed by atoms with E-state index in [9.17, 15) is 8.42 Å². The number of benzene rings is 1. The fourth-order valence-corrected chi connectivity index (χ4v) is 4.01. The third-order valence-corrected chi connectivity index (χ3v) is 5.88. The molecule has 0 bridgehead atoms. The second-order valence-electron chi connectivity index (χ2n) is 5.21. The van der Waals surface area contributed by atoms with E-state index < -0.39 is 10.0 Å². The van der Waals surface area contributed by atoms with Crippen molar-refractivity contribution in [2.24, 2.45) is 11.7 Å². The molecule has 5 heteroatoms. The fraction of sp³-hybridized carbons (Fsp3) is 0.600. The average Bonchev–Trinajstić information content (AvgIpc) is 2.44. The number of hydrogen-bond donors (Lipinski definition) is 1. The molecule has 0 aliphatic rings. The lowest BCUT2D eigenvalue weighted by Gasteiger charge is -2.24. The Bertz CT molecular complexity index is 541. The predicted molar refractivity (Wildman–Crippen MR) is 83.0 cm³/mol. The highest BCUT2D eigenvalue weighted by Crippen LogP contribution is 2.23. The second-order valence-corrected chi connectivity index (χ2v) is 7.12. The normalized spacial score (nSPS) is 13.7. The van der Waals surface area contributed by atoms with Gasteiger partial charge in [0.2, 0.25) is 10.0 Å². The maximum Gasteiger partial charge on any atom is 0.243 e. The van der Waals surface area contributed by atoms with Crippen molar-refractivity contribution in [1.82, 2.24) is 4.31 Å². The van der Waals surface area contributed by atoms with Gasteiger partial charge in [0, 0.05) is 19.6 Å². The van der Waals surface area contributed by atoms with Gasteiger partial charge in [-0.3, -0.25) is 0 Å². The van der Waals surface area contributed by atoms with E-state index in [1.54, 1.807) is 16.4 Å². The van der Waals surface area contributed by atoms with Gasteiger partial charge in [-0.15, -0.1) is 0 Å². The van der Waals surface area contributed by atoms with Gasteiger partial charge >= 0.3 is 0 Å². The molecular formula is C15H26N2O2S. The molecular weight excluding hydrogens is 272 g/mol. The minimum Gasteiger partial charge on any atom is -0.326 e. The van der Waals surface area contributed by atoms with Crippen molar-refractivity contribution in [1.29, 1.82) is 0 Å². The molecule has 2 N–H and O–H groups in total. The zero-order chi connectivity index (χ0) is 15.3. The van der Waals surface area contributed by atoms with Crippen molar-refractivity contribution < 1.29 is 8.42 Å². The van der Waals surface area contributed by atoms with Crippen molar-refractivity contribution in [2.45, 2.75) is 45.6 Å². The lowest BCUT2D eigenvalue weighted by molar-refractivity contribution is 0.361. The van der Waals surface area contributed by atoms with E-state index in [1.165, 1.54) is 0 Å². The molecule has 4 nitrogen and oxygen atoms in total. The van der Waals surface area contributed by atoms with Crippen LogP contribution in [0.3, 0.4) is 0 Å². The quantitative estimate of drug-likeness (QED) is 0.841. The van der Waals surface area contributed by atoms with Gasteiger partial charge in [-0.25, -0.2) is 8.42 Å². The highest BCUT2D eigenvalue weighted by molar-refractivity contribution is 7.89. The van der Waals surface area contributed by atoms with Gasteiger partial charge in [-0.2, -0.15) is 4.31 Å². The van der Waals surface area contributed by atoms with Gasteiger partial charge < -0.3 is 5.73 Å². The predicted octanol–water partition coefficient (Wildman–Crippen LogP) is 2.51. The molecule has 0 aromatic heterocycles. The topological polar surface area (TPSA) is 63.4 Å². The molecule has 0 spiro atoms. The first kappa shape index (κ1) is 17.1. The summed E-state index contributed by atoms with van der Waals surface area (Å²) in [5.41, 5.74) is 7.31. The van der Waals surface area contributed by atoms with E-state index in [2.05, 4.69) is 13.8 Å². The van der Waals surface area contributed by atoms with Crippen molar-refractivity contribution in [2.75, 3.05) is 13.1 Å². The first-order valence-electron chi connectivity index (χ1n) is 7.17. The minimum atomic E-state index is -3.44. The number of sulfonamides is 1. The monoisotopic (exact) mass is 298 g/mol. The molecule has 0 saturated heterocycles. The van der Waals surface area contributed by atoms with Gasteiger partial charge in [-0.1, -0.05) is 39.3 Å². The minimum absolute atomic E-state index is 0.350. The van der Waals surface area contributed by atoms with E-state index >= 15 is 0 Å². The van der Waals surface area contributed by atoms with Crippen LogP contribution in [0.5, 0.6) is 0 Å². The third kappa shape index (κ3) is 3.59. The van der Waals surface area contributed by atoms with Crippen LogP contribution in [0.25, 0.3) is 0 Å². The number of nitrogens with zero attached hydrogens (tertiary/aromatic N) is 1. The maximum absolute atomic E-state index is 12.8. The first-order chi connectivity index (χ1) is 9.38. The summed E-state index contributed by atoms with van der Waals surface area (Å²) in [7, 11) is -3.44. The van der Waals surface area contributed by atoms with E-state index in [4.69, 9.17) is 5.73 Å². The van der Waals surface area contributed by atoms with Gasteiger partial charge in [0.25, 0.3) is 0 Å². The zero-order valence-electron chi connectivity index (χ0n) is 12.9. The molecule has 0 heterocycles. The Balaban J connectivity index is 3.21. The molecule has 1 unspecified atom stereocenters. The summed E-state index contributed by atoms with van der Waals surface area (Å²) >= 11 is 0. The standard InChI is InChI=1S/C15H26N2O2S/c1-5-12(3)11-17(6-2)20(18,19)15-9-7-8-14(10-16)13(15)4/h7-9,12H,5-6,10-11,16H2,1-4H3. The van der Waals surface area contributed by atoms with E-state index in [1.807, 2.05) is 19.9 Å². The highest BCUT2D eigenvalue weighted by atomic mass is 32.2. The zero-order valence-corrected chi connectivity index (χ0v) is 13.7.